The van der Waals surface area contributed by atoms with Gasteiger partial charge in [0.25, 0.3) is 0 Å². The van der Waals surface area contributed by atoms with Crippen LogP contribution in [0.2, 0.25) is 0 Å². The Morgan fingerprint density at radius 1 is 1.33 bits per heavy atom. The van der Waals surface area contributed by atoms with E-state index < -0.39 is 12.7 Å². The van der Waals surface area contributed by atoms with Crippen LogP contribution < -0.4 is 5.32 Å². The van der Waals surface area contributed by atoms with Gasteiger partial charge < -0.3 is 9.73 Å². The van der Waals surface area contributed by atoms with Crippen molar-refractivity contribution < 1.29 is 17.6 Å². The summed E-state index contributed by atoms with van der Waals surface area (Å²) in [7, 11) is 0. The first-order valence-corrected chi connectivity index (χ1v) is 7.32. The van der Waals surface area contributed by atoms with Gasteiger partial charge in [0.05, 0.1) is 19.6 Å². The Bertz CT molecular complexity index is 427. The molecule has 0 saturated carbocycles. The standard InChI is InChI=1S/C15H25F3N2O/c1-5-6-19-8-14-12(4)7-13(21-14)9-20(11(2)3)10-15(16,17)18/h7,11,19H,5-6,8-10H2,1-4H3. The predicted molar refractivity (Wildman–Crippen MR) is 77.0 cm³/mol. The van der Waals surface area contributed by atoms with Gasteiger partial charge in [0.1, 0.15) is 11.5 Å². The molecular weight excluding hydrogens is 281 g/mol. The molecule has 1 aromatic rings. The smallest absolute Gasteiger partial charge is 0.401 e. The van der Waals surface area contributed by atoms with Gasteiger partial charge in [-0.05, 0) is 45.4 Å². The van der Waals surface area contributed by atoms with Crippen LogP contribution in [0.5, 0.6) is 0 Å². The molecule has 0 fully saturated rings. The summed E-state index contributed by atoms with van der Waals surface area (Å²) in [6, 6.07) is 1.63. The number of halogens is 3. The van der Waals surface area contributed by atoms with Gasteiger partial charge in [-0.2, -0.15) is 13.2 Å². The Morgan fingerprint density at radius 2 is 2.00 bits per heavy atom. The van der Waals surface area contributed by atoms with E-state index in [0.29, 0.717) is 12.3 Å². The monoisotopic (exact) mass is 306 g/mol. The topological polar surface area (TPSA) is 28.4 Å². The molecule has 1 aromatic heterocycles. The van der Waals surface area contributed by atoms with Crippen molar-refractivity contribution in [1.82, 2.24) is 10.2 Å². The quantitative estimate of drug-likeness (QED) is 0.739. The molecule has 0 spiro atoms. The molecule has 1 rings (SSSR count). The van der Waals surface area contributed by atoms with E-state index in [0.717, 1.165) is 24.3 Å². The van der Waals surface area contributed by atoms with Gasteiger partial charge in [0, 0.05) is 6.04 Å². The normalized spacial score (nSPS) is 12.6. The largest absolute Gasteiger partial charge is 0.463 e. The lowest BCUT2D eigenvalue weighted by Crippen LogP contribution is -2.38. The lowest BCUT2D eigenvalue weighted by molar-refractivity contribution is -0.151. The van der Waals surface area contributed by atoms with Gasteiger partial charge in [-0.1, -0.05) is 6.92 Å². The van der Waals surface area contributed by atoms with Crippen molar-refractivity contribution in [3.63, 3.8) is 0 Å². The lowest BCUT2D eigenvalue weighted by Gasteiger charge is -2.26. The van der Waals surface area contributed by atoms with E-state index in [1.807, 2.05) is 13.0 Å². The number of nitrogens with zero attached hydrogens (tertiary/aromatic N) is 1. The van der Waals surface area contributed by atoms with Crippen molar-refractivity contribution in [3.05, 3.63) is 23.2 Å². The van der Waals surface area contributed by atoms with E-state index in [1.165, 1.54) is 4.90 Å². The van der Waals surface area contributed by atoms with Crippen LogP contribution >= 0.6 is 0 Å². The van der Waals surface area contributed by atoms with Crippen LogP contribution in [-0.4, -0.2) is 30.2 Å². The third-order valence-electron chi connectivity index (χ3n) is 3.26. The molecule has 21 heavy (non-hydrogen) atoms. The average molecular weight is 306 g/mol. The summed E-state index contributed by atoms with van der Waals surface area (Å²) >= 11 is 0. The van der Waals surface area contributed by atoms with Gasteiger partial charge in [-0.15, -0.1) is 0 Å². The predicted octanol–water partition coefficient (Wildman–Crippen LogP) is 3.86. The van der Waals surface area contributed by atoms with Gasteiger partial charge >= 0.3 is 6.18 Å². The molecular formula is C15H25F3N2O. The Labute approximate surface area is 124 Å². The number of hydrogen-bond donors (Lipinski definition) is 1. The second-order valence-corrected chi connectivity index (χ2v) is 5.61. The van der Waals surface area contributed by atoms with E-state index in [2.05, 4.69) is 12.2 Å². The van der Waals surface area contributed by atoms with Crippen molar-refractivity contribution >= 4 is 0 Å². The van der Waals surface area contributed by atoms with Crippen LogP contribution in [0, 0.1) is 6.92 Å². The summed E-state index contributed by atoms with van der Waals surface area (Å²) < 4.78 is 43.4. The maximum Gasteiger partial charge on any atom is 0.401 e. The van der Waals surface area contributed by atoms with Gasteiger partial charge in [0.2, 0.25) is 0 Å². The first kappa shape index (κ1) is 18.0. The average Bonchev–Trinajstić information content (AvgIpc) is 2.67. The lowest BCUT2D eigenvalue weighted by atomic mass is 10.2. The van der Waals surface area contributed by atoms with Crippen LogP contribution in [-0.2, 0) is 13.1 Å². The van der Waals surface area contributed by atoms with Crippen molar-refractivity contribution in [2.75, 3.05) is 13.1 Å². The zero-order valence-electron chi connectivity index (χ0n) is 13.2. The molecule has 6 heteroatoms. The molecule has 0 bridgehead atoms. The number of alkyl halides is 3. The third kappa shape index (κ3) is 6.52. The van der Waals surface area contributed by atoms with Gasteiger partial charge in [0.15, 0.2) is 0 Å². The Morgan fingerprint density at radius 3 is 2.52 bits per heavy atom. The first-order chi connectivity index (χ1) is 9.73. The molecule has 1 heterocycles. The van der Waals surface area contributed by atoms with E-state index >= 15 is 0 Å². The highest BCUT2D eigenvalue weighted by Crippen LogP contribution is 2.22. The highest BCUT2D eigenvalue weighted by molar-refractivity contribution is 5.20. The number of hydrogen-bond acceptors (Lipinski definition) is 3. The number of rotatable bonds is 8. The Kier molecular flexibility index (Phi) is 6.74. The fourth-order valence-corrected chi connectivity index (χ4v) is 2.07. The summed E-state index contributed by atoms with van der Waals surface area (Å²) in [6.07, 6.45) is -3.17. The van der Waals surface area contributed by atoms with Crippen molar-refractivity contribution in [2.24, 2.45) is 0 Å². The maximum absolute atomic E-state index is 12.6. The van der Waals surface area contributed by atoms with Gasteiger partial charge in [-0.3, -0.25) is 4.90 Å². The van der Waals surface area contributed by atoms with Gasteiger partial charge in [-0.25, -0.2) is 0 Å². The van der Waals surface area contributed by atoms with Crippen molar-refractivity contribution in [2.45, 2.75) is 59.4 Å². The third-order valence-corrected chi connectivity index (χ3v) is 3.26. The molecule has 0 aromatic carbocycles. The molecule has 0 atom stereocenters. The van der Waals surface area contributed by atoms with Crippen molar-refractivity contribution in [3.8, 4) is 0 Å². The molecule has 3 nitrogen and oxygen atoms in total. The fourth-order valence-electron chi connectivity index (χ4n) is 2.07. The highest BCUT2D eigenvalue weighted by Gasteiger charge is 2.32. The number of nitrogens with one attached hydrogen (secondary N) is 1. The molecule has 0 radical (unpaired) electrons. The minimum Gasteiger partial charge on any atom is -0.463 e. The SMILES string of the molecule is CCCNCc1oc(CN(CC(F)(F)F)C(C)C)cc1C. The molecule has 0 amide bonds. The zero-order valence-corrected chi connectivity index (χ0v) is 13.2. The number of aryl methyl sites for hydroxylation is 1. The summed E-state index contributed by atoms with van der Waals surface area (Å²) in [5, 5.41) is 3.23. The summed E-state index contributed by atoms with van der Waals surface area (Å²) in [6.45, 7) is 8.25. The highest BCUT2D eigenvalue weighted by atomic mass is 19.4. The van der Waals surface area contributed by atoms with Crippen LogP contribution in [0.15, 0.2) is 10.5 Å². The van der Waals surface area contributed by atoms with Crippen molar-refractivity contribution in [1.29, 1.82) is 0 Å². The molecule has 0 aliphatic carbocycles. The van der Waals surface area contributed by atoms with E-state index in [4.69, 9.17) is 4.42 Å². The zero-order chi connectivity index (χ0) is 16.0. The molecule has 1 N–H and O–H groups in total. The van der Waals surface area contributed by atoms with Crippen LogP contribution in [0.4, 0.5) is 13.2 Å². The Hall–Kier alpha value is -1.01. The maximum atomic E-state index is 12.6. The number of furan rings is 1. The molecule has 0 aliphatic heterocycles. The van der Waals surface area contributed by atoms with E-state index in [9.17, 15) is 13.2 Å². The second-order valence-electron chi connectivity index (χ2n) is 5.61. The van der Waals surface area contributed by atoms with Crippen LogP contribution in [0.3, 0.4) is 0 Å². The summed E-state index contributed by atoms with van der Waals surface area (Å²) in [5.41, 5.74) is 0.976. The molecule has 0 aliphatic rings. The second kappa shape index (κ2) is 7.84. The minimum absolute atomic E-state index is 0.172. The minimum atomic E-state index is -4.20. The Balaban J connectivity index is 2.69. The fraction of sp³-hybridized carbons (Fsp3) is 0.733. The van der Waals surface area contributed by atoms with Crippen LogP contribution in [0.25, 0.3) is 0 Å². The van der Waals surface area contributed by atoms with E-state index in [1.54, 1.807) is 13.8 Å². The summed E-state index contributed by atoms with van der Waals surface area (Å²) in [5.74, 6) is 1.38. The first-order valence-electron chi connectivity index (χ1n) is 7.32. The molecule has 122 valence electrons. The summed E-state index contributed by atoms with van der Waals surface area (Å²) in [4.78, 5) is 1.36. The van der Waals surface area contributed by atoms with E-state index in [-0.39, 0.29) is 12.6 Å². The molecule has 0 saturated heterocycles. The molecule has 0 unspecified atom stereocenters. The van der Waals surface area contributed by atoms with Crippen LogP contribution in [0.1, 0.15) is 44.3 Å².